The number of benzene rings is 2. The number of carbonyl (C=O) groups excluding carboxylic acids is 2. The monoisotopic (exact) mass is 641 g/mol. The number of anilines is 1. The van der Waals surface area contributed by atoms with Gasteiger partial charge in [-0.25, -0.2) is 0 Å². The van der Waals surface area contributed by atoms with Gasteiger partial charge in [0.2, 0.25) is 11.8 Å². The summed E-state index contributed by atoms with van der Waals surface area (Å²) in [5, 5.41) is 16.4. The number of aromatic nitrogens is 3. The van der Waals surface area contributed by atoms with Gasteiger partial charge in [0.1, 0.15) is 16.9 Å². The number of hydrogen-bond acceptors (Lipinski definition) is 7. The molecule has 2 aromatic heterocycles. The zero-order chi connectivity index (χ0) is 31.9. The molecule has 4 aromatic rings. The highest BCUT2D eigenvalue weighted by atomic mass is 35.5. The van der Waals surface area contributed by atoms with Gasteiger partial charge in [-0.3, -0.25) is 19.1 Å². The zero-order valence-corrected chi connectivity index (χ0v) is 27.2. The Labute approximate surface area is 272 Å². The molecule has 0 radical (unpaired) electrons. The molecule has 2 aromatic carbocycles. The van der Waals surface area contributed by atoms with Crippen LogP contribution in [0.15, 0.2) is 53.5 Å². The fourth-order valence-corrected chi connectivity index (χ4v) is 6.55. The van der Waals surface area contributed by atoms with Crippen molar-refractivity contribution in [2.24, 2.45) is 10.7 Å². The molecule has 4 N–H and O–H groups in total. The first kappa shape index (κ1) is 32.1. The van der Waals surface area contributed by atoms with Crippen LogP contribution < -0.4 is 16.4 Å². The predicted octanol–water partition coefficient (Wildman–Crippen LogP) is 5.82. The highest BCUT2D eigenvalue weighted by Gasteiger charge is 2.32. The molecule has 0 saturated carbocycles. The number of fused-ring (bicyclic) bond motifs is 3. The Balaban J connectivity index is 1.17. The van der Waals surface area contributed by atoms with E-state index in [1.54, 1.807) is 11.3 Å². The molecule has 1 unspecified atom stereocenters. The Morgan fingerprint density at radius 3 is 2.49 bits per heavy atom. The number of rotatable bonds is 10. The number of hydrogen-bond donors (Lipinski definition) is 3. The minimum Gasteiger partial charge on any atom is -0.356 e. The summed E-state index contributed by atoms with van der Waals surface area (Å²) in [5.74, 6) is 7.02. The van der Waals surface area contributed by atoms with E-state index in [1.807, 2.05) is 60.0 Å². The van der Waals surface area contributed by atoms with E-state index < -0.39 is 6.04 Å². The molecule has 2 amide bonds. The van der Waals surface area contributed by atoms with E-state index in [0.717, 1.165) is 63.7 Å². The summed E-state index contributed by atoms with van der Waals surface area (Å²) in [5.41, 5.74) is 10.9. The first-order chi connectivity index (χ1) is 21.7. The molecule has 0 saturated heterocycles. The quantitative estimate of drug-likeness (QED) is 0.149. The lowest BCUT2D eigenvalue weighted by Crippen LogP contribution is -2.26. The second kappa shape index (κ2) is 14.7. The number of aliphatic imine (C=N–C) groups is 1. The largest absolute Gasteiger partial charge is 0.356 e. The van der Waals surface area contributed by atoms with Gasteiger partial charge in [0.15, 0.2) is 5.82 Å². The average Bonchev–Trinajstić information content (AvgIpc) is 3.50. The zero-order valence-electron chi connectivity index (χ0n) is 25.6. The van der Waals surface area contributed by atoms with Crippen LogP contribution in [0, 0.1) is 32.6 Å². The molecule has 1 aliphatic heterocycles. The molecule has 0 bridgehead atoms. The van der Waals surface area contributed by atoms with Gasteiger partial charge in [0.25, 0.3) is 0 Å². The van der Waals surface area contributed by atoms with E-state index in [-0.39, 0.29) is 18.2 Å². The van der Waals surface area contributed by atoms with Crippen LogP contribution in [-0.4, -0.2) is 45.4 Å². The molecule has 5 rings (SSSR count). The highest BCUT2D eigenvalue weighted by molar-refractivity contribution is 7.15. The maximum absolute atomic E-state index is 13.2. The maximum atomic E-state index is 13.2. The average molecular weight is 642 g/mol. The van der Waals surface area contributed by atoms with Crippen LogP contribution in [0.2, 0.25) is 5.02 Å². The van der Waals surface area contributed by atoms with Crippen LogP contribution >= 0.6 is 22.9 Å². The number of amides is 2. The van der Waals surface area contributed by atoms with Crippen LogP contribution in [0.1, 0.15) is 76.9 Å². The van der Waals surface area contributed by atoms with E-state index in [4.69, 9.17) is 22.3 Å². The third-order valence-electron chi connectivity index (χ3n) is 7.64. The number of aryl methyl sites for hydroxylation is 2. The fourth-order valence-electron chi connectivity index (χ4n) is 5.21. The molecule has 1 aliphatic rings. The van der Waals surface area contributed by atoms with Crippen molar-refractivity contribution in [1.29, 1.82) is 0 Å². The van der Waals surface area contributed by atoms with E-state index >= 15 is 0 Å². The number of nitrogens with one attached hydrogen (secondary N) is 2. The Hall–Kier alpha value is -4.30. The SMILES string of the molecule is Cc1sc2c(c1C)C(c1ccc(Cl)cc1)=NC(CC(=O)NCCCCCC(=O)Nc1ccc(C#CCN)cc1)c1nnc(C)n1-2. The Bertz CT molecular complexity index is 1780. The summed E-state index contributed by atoms with van der Waals surface area (Å²) < 4.78 is 2.04. The van der Waals surface area contributed by atoms with Gasteiger partial charge in [-0.1, -0.05) is 42.0 Å². The fraction of sp³-hybridized carbons (Fsp3) is 0.324. The van der Waals surface area contributed by atoms with Crippen molar-refractivity contribution in [3.8, 4) is 16.8 Å². The Morgan fingerprint density at radius 1 is 1.00 bits per heavy atom. The lowest BCUT2D eigenvalue weighted by atomic mass is 9.99. The van der Waals surface area contributed by atoms with Gasteiger partial charge in [-0.15, -0.1) is 21.5 Å². The maximum Gasteiger partial charge on any atom is 0.224 e. The Kier molecular flexibility index (Phi) is 10.5. The van der Waals surface area contributed by atoms with Crippen molar-refractivity contribution in [1.82, 2.24) is 20.1 Å². The van der Waals surface area contributed by atoms with E-state index in [0.29, 0.717) is 30.4 Å². The van der Waals surface area contributed by atoms with E-state index in [2.05, 4.69) is 46.5 Å². The lowest BCUT2D eigenvalue weighted by Gasteiger charge is -2.13. The van der Waals surface area contributed by atoms with Crippen molar-refractivity contribution in [3.05, 3.63) is 92.3 Å². The van der Waals surface area contributed by atoms with E-state index in [9.17, 15) is 9.59 Å². The van der Waals surface area contributed by atoms with Gasteiger partial charge in [0, 0.05) is 45.2 Å². The second-order valence-electron chi connectivity index (χ2n) is 10.9. The molecular weight excluding hydrogens is 606 g/mol. The topological polar surface area (TPSA) is 127 Å². The minimum absolute atomic E-state index is 0.0408. The number of thiophene rings is 1. The molecule has 45 heavy (non-hydrogen) atoms. The summed E-state index contributed by atoms with van der Waals surface area (Å²) in [6.45, 7) is 6.95. The van der Waals surface area contributed by atoms with Gasteiger partial charge >= 0.3 is 0 Å². The van der Waals surface area contributed by atoms with Crippen LogP contribution in [0.5, 0.6) is 0 Å². The van der Waals surface area contributed by atoms with Crippen molar-refractivity contribution in [2.75, 3.05) is 18.4 Å². The van der Waals surface area contributed by atoms with Crippen LogP contribution in [0.25, 0.3) is 5.00 Å². The number of nitrogens with zero attached hydrogens (tertiary/aromatic N) is 4. The highest BCUT2D eigenvalue weighted by Crippen LogP contribution is 2.39. The van der Waals surface area contributed by atoms with Gasteiger partial charge in [-0.05, 0) is 75.6 Å². The number of carbonyl (C=O) groups is 2. The standard InChI is InChI=1S/C34H36ClN7O2S/c1-21-22(2)45-34-31(21)32(25-12-14-26(35)15-13-25)39-28(33-41-40-23(3)42(33)34)20-30(44)37-19-6-4-5-9-29(43)38-27-16-10-24(11-17-27)8-7-18-36/h10-17,28H,4-6,9,18-20,36H2,1-3H3,(H,37,44)(H,38,43). The van der Waals surface area contributed by atoms with Gasteiger partial charge < -0.3 is 16.4 Å². The molecule has 9 nitrogen and oxygen atoms in total. The molecule has 3 heterocycles. The van der Waals surface area contributed by atoms with Crippen LogP contribution in [0.3, 0.4) is 0 Å². The smallest absolute Gasteiger partial charge is 0.224 e. The van der Waals surface area contributed by atoms with Crippen molar-refractivity contribution in [3.63, 3.8) is 0 Å². The molecule has 0 fully saturated rings. The molecule has 232 valence electrons. The predicted molar refractivity (Wildman–Crippen MR) is 180 cm³/mol. The van der Waals surface area contributed by atoms with Crippen molar-refractivity contribution < 1.29 is 9.59 Å². The third kappa shape index (κ3) is 7.68. The lowest BCUT2D eigenvalue weighted by molar-refractivity contribution is -0.121. The van der Waals surface area contributed by atoms with Gasteiger partial charge in [0.05, 0.1) is 18.7 Å². The van der Waals surface area contributed by atoms with Crippen LogP contribution in [0.4, 0.5) is 5.69 Å². The van der Waals surface area contributed by atoms with Crippen molar-refractivity contribution >= 4 is 46.2 Å². The normalized spacial score (nSPS) is 13.5. The molecule has 0 spiro atoms. The first-order valence-electron chi connectivity index (χ1n) is 15.0. The summed E-state index contributed by atoms with van der Waals surface area (Å²) in [4.78, 5) is 31.9. The molecule has 1 atom stereocenters. The molecular formula is C34H36ClN7O2S. The minimum atomic E-state index is -0.512. The number of nitrogens with two attached hydrogens (primary N) is 1. The van der Waals surface area contributed by atoms with Crippen molar-refractivity contribution in [2.45, 2.75) is 58.9 Å². The molecule has 11 heteroatoms. The third-order valence-corrected chi connectivity index (χ3v) is 9.09. The summed E-state index contributed by atoms with van der Waals surface area (Å²) >= 11 is 7.88. The molecule has 0 aliphatic carbocycles. The summed E-state index contributed by atoms with van der Waals surface area (Å²) in [6.07, 6.45) is 2.85. The summed E-state index contributed by atoms with van der Waals surface area (Å²) in [7, 11) is 0. The van der Waals surface area contributed by atoms with Gasteiger partial charge in [-0.2, -0.15) is 0 Å². The van der Waals surface area contributed by atoms with E-state index in [1.165, 1.54) is 4.88 Å². The second-order valence-corrected chi connectivity index (χ2v) is 12.5. The first-order valence-corrected chi connectivity index (χ1v) is 16.2. The summed E-state index contributed by atoms with van der Waals surface area (Å²) in [6, 6.07) is 14.5. The Morgan fingerprint density at radius 2 is 1.76 bits per heavy atom. The number of unbranched alkanes of at least 4 members (excludes halogenated alkanes) is 2. The van der Waals surface area contributed by atoms with Crippen LogP contribution in [-0.2, 0) is 9.59 Å². The number of halogens is 1.